The topological polar surface area (TPSA) is 72.0 Å². The maximum absolute atomic E-state index is 9.30. The van der Waals surface area contributed by atoms with Gasteiger partial charge in [0.25, 0.3) is 0 Å². The van der Waals surface area contributed by atoms with E-state index in [1.807, 2.05) is 0 Å². The second kappa shape index (κ2) is 5.21. The number of hydrogen-bond acceptors (Lipinski definition) is 5. The summed E-state index contributed by atoms with van der Waals surface area (Å²) in [5.74, 6) is 1.20. The van der Waals surface area contributed by atoms with Gasteiger partial charge in [-0.3, -0.25) is 0 Å². The third-order valence-corrected chi connectivity index (χ3v) is 3.99. The Bertz CT molecular complexity index is 312. The van der Waals surface area contributed by atoms with Crippen LogP contribution in [0.3, 0.4) is 0 Å². The molecule has 1 fully saturated rings. The van der Waals surface area contributed by atoms with E-state index < -0.39 is 6.10 Å². The smallest absolute Gasteiger partial charge is 0.145 e. The molecule has 0 spiro atoms. The van der Waals surface area contributed by atoms with E-state index in [-0.39, 0.29) is 12.4 Å². The van der Waals surface area contributed by atoms with Gasteiger partial charge in [0.1, 0.15) is 16.1 Å². The van der Waals surface area contributed by atoms with Gasteiger partial charge in [-0.25, -0.2) is 0 Å². The maximum Gasteiger partial charge on any atom is 0.145 e. The summed E-state index contributed by atoms with van der Waals surface area (Å²) in [5.41, 5.74) is 5.55. The number of hydrogen-bond donors (Lipinski definition) is 2. The second-order valence-corrected chi connectivity index (χ2v) is 4.97. The molecule has 1 atom stereocenters. The van der Waals surface area contributed by atoms with Gasteiger partial charge >= 0.3 is 0 Å². The van der Waals surface area contributed by atoms with Crippen LogP contribution in [0.1, 0.15) is 41.8 Å². The zero-order valence-corrected chi connectivity index (χ0v) is 10.2. The molecule has 0 unspecified atom stereocenters. The minimum atomic E-state index is -0.494. The molecule has 1 aromatic rings. The summed E-state index contributed by atoms with van der Waals surface area (Å²) >= 11 is 1.52. The third-order valence-electron chi connectivity index (χ3n) is 2.73. The average Bonchev–Trinajstić information content (AvgIpc) is 2.51. The Labute approximate surface area is 99.3 Å². The van der Waals surface area contributed by atoms with Crippen molar-refractivity contribution in [2.75, 3.05) is 6.54 Å². The number of aliphatic hydroxyl groups is 1. The van der Waals surface area contributed by atoms with E-state index >= 15 is 0 Å². The molecule has 1 aliphatic rings. The fourth-order valence-corrected chi connectivity index (χ4v) is 2.62. The number of halogens is 1. The van der Waals surface area contributed by atoms with Crippen molar-refractivity contribution in [2.45, 2.75) is 31.8 Å². The molecule has 86 valence electrons. The second-order valence-electron chi connectivity index (χ2n) is 3.92. The van der Waals surface area contributed by atoms with Crippen molar-refractivity contribution in [1.82, 2.24) is 10.2 Å². The molecular weight excluding hydrogens is 234 g/mol. The predicted molar refractivity (Wildman–Crippen MR) is 62.3 cm³/mol. The lowest BCUT2D eigenvalue weighted by atomic mass is 9.75. The van der Waals surface area contributed by atoms with Crippen LogP contribution in [-0.4, -0.2) is 21.8 Å². The summed E-state index contributed by atoms with van der Waals surface area (Å²) < 4.78 is 0. The van der Waals surface area contributed by atoms with E-state index in [0.717, 1.165) is 29.4 Å². The summed E-state index contributed by atoms with van der Waals surface area (Å²) in [7, 11) is 0. The van der Waals surface area contributed by atoms with Gasteiger partial charge in [0.2, 0.25) is 0 Å². The Balaban J connectivity index is 0.00000112. The molecule has 4 nitrogen and oxygen atoms in total. The number of aromatic nitrogens is 2. The minimum Gasteiger partial charge on any atom is -0.386 e. The molecular formula is C9H16ClN3OS. The first kappa shape index (κ1) is 12.8. The molecule has 0 radical (unpaired) electrons. The average molecular weight is 250 g/mol. The van der Waals surface area contributed by atoms with E-state index in [9.17, 15) is 5.11 Å². The minimum absolute atomic E-state index is 0. The first-order chi connectivity index (χ1) is 6.70. The quantitative estimate of drug-likeness (QED) is 0.851. The van der Waals surface area contributed by atoms with Crippen LogP contribution in [0.2, 0.25) is 0 Å². The van der Waals surface area contributed by atoms with Crippen LogP contribution in [0.25, 0.3) is 0 Å². The van der Waals surface area contributed by atoms with Crippen LogP contribution in [0.5, 0.6) is 0 Å². The highest BCUT2D eigenvalue weighted by Crippen LogP contribution is 2.42. The first-order valence-electron chi connectivity index (χ1n) is 4.92. The highest BCUT2D eigenvalue weighted by Gasteiger charge is 2.31. The van der Waals surface area contributed by atoms with Gasteiger partial charge in [0.15, 0.2) is 0 Å². The molecule has 1 saturated carbocycles. The van der Waals surface area contributed by atoms with Crippen molar-refractivity contribution in [3.05, 3.63) is 10.0 Å². The lowest BCUT2D eigenvalue weighted by Crippen LogP contribution is -2.28. The number of aliphatic hydroxyl groups excluding tert-OH is 1. The van der Waals surface area contributed by atoms with Gasteiger partial charge in [-0.05, 0) is 32.2 Å². The van der Waals surface area contributed by atoms with E-state index in [2.05, 4.69) is 10.2 Å². The summed E-state index contributed by atoms with van der Waals surface area (Å²) in [4.78, 5) is 0. The molecule has 1 aliphatic carbocycles. The Kier molecular flexibility index (Phi) is 4.45. The van der Waals surface area contributed by atoms with Crippen molar-refractivity contribution < 1.29 is 5.11 Å². The monoisotopic (exact) mass is 249 g/mol. The van der Waals surface area contributed by atoms with Crippen LogP contribution in [-0.2, 0) is 0 Å². The molecule has 2 rings (SSSR count). The molecule has 3 N–H and O–H groups in total. The maximum atomic E-state index is 9.30. The molecule has 15 heavy (non-hydrogen) atoms. The standard InChI is InChI=1S/C9H15N3OS.ClH/c1-5(13)8-11-12-9(14-8)7-2-6(3-7)4-10;/h5-7,13H,2-4,10H2,1H3;1H/t5-,6-,7-;/m1./s1. The molecule has 0 aromatic carbocycles. The Morgan fingerprint density at radius 1 is 1.53 bits per heavy atom. The molecule has 0 aliphatic heterocycles. The Morgan fingerprint density at radius 3 is 2.67 bits per heavy atom. The van der Waals surface area contributed by atoms with E-state index in [1.54, 1.807) is 6.92 Å². The molecule has 0 saturated heterocycles. The van der Waals surface area contributed by atoms with Crippen molar-refractivity contribution in [2.24, 2.45) is 11.7 Å². The molecule has 6 heteroatoms. The van der Waals surface area contributed by atoms with Crippen LogP contribution in [0.4, 0.5) is 0 Å². The van der Waals surface area contributed by atoms with E-state index in [4.69, 9.17) is 5.73 Å². The largest absolute Gasteiger partial charge is 0.386 e. The van der Waals surface area contributed by atoms with Gasteiger partial charge < -0.3 is 10.8 Å². The number of nitrogens with two attached hydrogens (primary N) is 1. The van der Waals surface area contributed by atoms with Gasteiger partial charge in [0.05, 0.1) is 0 Å². The van der Waals surface area contributed by atoms with Gasteiger partial charge in [-0.1, -0.05) is 11.3 Å². The van der Waals surface area contributed by atoms with Gasteiger partial charge in [0, 0.05) is 5.92 Å². The van der Waals surface area contributed by atoms with Crippen molar-refractivity contribution in [3.8, 4) is 0 Å². The third kappa shape index (κ3) is 2.66. The lowest BCUT2D eigenvalue weighted by molar-refractivity contribution is 0.198. The van der Waals surface area contributed by atoms with Crippen molar-refractivity contribution >= 4 is 23.7 Å². The van der Waals surface area contributed by atoms with Crippen molar-refractivity contribution in [3.63, 3.8) is 0 Å². The molecule has 0 amide bonds. The van der Waals surface area contributed by atoms with Gasteiger partial charge in [-0.15, -0.1) is 22.6 Å². The zero-order valence-electron chi connectivity index (χ0n) is 8.59. The van der Waals surface area contributed by atoms with Crippen LogP contribution < -0.4 is 5.73 Å². The van der Waals surface area contributed by atoms with Crippen LogP contribution in [0, 0.1) is 5.92 Å². The van der Waals surface area contributed by atoms with E-state index in [1.165, 1.54) is 11.3 Å². The normalized spacial score (nSPS) is 26.6. The number of nitrogens with zero attached hydrogens (tertiary/aromatic N) is 2. The fraction of sp³-hybridized carbons (Fsp3) is 0.778. The summed E-state index contributed by atoms with van der Waals surface area (Å²) in [5, 5.41) is 19.1. The van der Waals surface area contributed by atoms with E-state index in [0.29, 0.717) is 11.8 Å². The number of rotatable bonds is 3. The fourth-order valence-electron chi connectivity index (χ4n) is 1.71. The SMILES string of the molecule is C[C@@H](O)c1nnc([C@H]2C[C@H](CN)C2)s1.Cl. The molecule has 1 heterocycles. The highest BCUT2D eigenvalue weighted by molar-refractivity contribution is 7.11. The molecule has 1 aromatic heterocycles. The Morgan fingerprint density at radius 2 is 2.20 bits per heavy atom. The molecule has 0 bridgehead atoms. The zero-order chi connectivity index (χ0) is 10.1. The summed E-state index contributed by atoms with van der Waals surface area (Å²) in [6, 6.07) is 0. The summed E-state index contributed by atoms with van der Waals surface area (Å²) in [6.07, 6.45) is 1.77. The van der Waals surface area contributed by atoms with Gasteiger partial charge in [-0.2, -0.15) is 0 Å². The van der Waals surface area contributed by atoms with Crippen LogP contribution >= 0.6 is 23.7 Å². The summed E-state index contributed by atoms with van der Waals surface area (Å²) in [6.45, 7) is 2.49. The highest BCUT2D eigenvalue weighted by atomic mass is 35.5. The lowest BCUT2D eigenvalue weighted by Gasteiger charge is -2.32. The first-order valence-corrected chi connectivity index (χ1v) is 5.73. The predicted octanol–water partition coefficient (Wildman–Crippen LogP) is 1.47. The Hall–Kier alpha value is -0.230. The van der Waals surface area contributed by atoms with Crippen molar-refractivity contribution in [1.29, 1.82) is 0 Å². The van der Waals surface area contributed by atoms with Crippen LogP contribution in [0.15, 0.2) is 0 Å².